The van der Waals surface area contributed by atoms with Crippen molar-refractivity contribution < 1.29 is 14.5 Å². The number of thiazole rings is 1. The predicted molar refractivity (Wildman–Crippen MR) is 104 cm³/mol. The van der Waals surface area contributed by atoms with Crippen LogP contribution in [0.5, 0.6) is 5.75 Å². The molecule has 2 aromatic carbocycles. The third-order valence-corrected chi connectivity index (χ3v) is 5.87. The van der Waals surface area contributed by atoms with E-state index in [1.807, 2.05) is 13.8 Å². The molecule has 0 saturated carbocycles. The largest absolute Gasteiger partial charge is 0.494 e. The third-order valence-electron chi connectivity index (χ3n) is 3.66. The molecule has 1 heterocycles. The Labute approximate surface area is 158 Å². The Hall–Kier alpha value is -2.45. The number of hydrogen-bond donors (Lipinski definition) is 0. The monoisotopic (exact) mass is 388 g/mol. The smallest absolute Gasteiger partial charge is 0.270 e. The molecule has 0 N–H and O–H groups in total. The fourth-order valence-electron chi connectivity index (χ4n) is 2.38. The summed E-state index contributed by atoms with van der Waals surface area (Å²) in [6, 6.07) is 11.7. The van der Waals surface area contributed by atoms with E-state index in [1.54, 1.807) is 30.3 Å². The Balaban J connectivity index is 1.74. The first-order chi connectivity index (χ1) is 12.5. The molecule has 0 spiro atoms. The summed E-state index contributed by atoms with van der Waals surface area (Å²) < 4.78 is 6.84. The lowest BCUT2D eigenvalue weighted by atomic mass is 10.1. The molecule has 0 aliphatic heterocycles. The first-order valence-electron chi connectivity index (χ1n) is 7.96. The van der Waals surface area contributed by atoms with Crippen LogP contribution in [0.3, 0.4) is 0 Å². The second-order valence-electron chi connectivity index (χ2n) is 5.47. The van der Waals surface area contributed by atoms with Gasteiger partial charge in [0.05, 0.1) is 27.0 Å². The van der Waals surface area contributed by atoms with Crippen LogP contribution in [0.4, 0.5) is 5.69 Å². The van der Waals surface area contributed by atoms with Gasteiger partial charge in [0.15, 0.2) is 10.1 Å². The lowest BCUT2D eigenvalue weighted by Gasteiger charge is -2.09. The number of hydrogen-bond acceptors (Lipinski definition) is 7. The maximum absolute atomic E-state index is 12.6. The number of Topliss-reactive ketones (excluding diaryl/α,β-unsaturated/α-hetero) is 1. The summed E-state index contributed by atoms with van der Waals surface area (Å²) in [5.41, 5.74) is 1.35. The summed E-state index contributed by atoms with van der Waals surface area (Å²) in [4.78, 5) is 27.5. The number of non-ortho nitro benzene ring substituents is 1. The van der Waals surface area contributed by atoms with E-state index in [9.17, 15) is 14.9 Å². The number of ether oxygens (including phenoxy) is 1. The molecule has 3 rings (SSSR count). The minimum absolute atomic E-state index is 0.00304. The summed E-state index contributed by atoms with van der Waals surface area (Å²) in [5, 5.41) is 10.6. The molecule has 0 unspecified atom stereocenters. The molecule has 0 bridgehead atoms. The summed E-state index contributed by atoms with van der Waals surface area (Å²) in [6.07, 6.45) is 0. The molecule has 3 aromatic rings. The van der Waals surface area contributed by atoms with E-state index in [4.69, 9.17) is 4.74 Å². The van der Waals surface area contributed by atoms with Crippen LogP contribution in [0, 0.1) is 10.1 Å². The zero-order valence-electron chi connectivity index (χ0n) is 14.2. The molecule has 26 heavy (non-hydrogen) atoms. The highest BCUT2D eigenvalue weighted by Gasteiger charge is 2.19. The van der Waals surface area contributed by atoms with E-state index < -0.39 is 4.92 Å². The normalized spacial score (nSPS) is 12.1. The number of benzene rings is 2. The zero-order chi connectivity index (χ0) is 18.7. The minimum atomic E-state index is -0.427. The Morgan fingerprint density at radius 3 is 2.69 bits per heavy atom. The predicted octanol–water partition coefficient (Wildman–Crippen LogP) is 4.97. The number of nitrogens with zero attached hydrogens (tertiary/aromatic N) is 2. The van der Waals surface area contributed by atoms with Gasteiger partial charge in [0.1, 0.15) is 5.75 Å². The van der Waals surface area contributed by atoms with Crippen molar-refractivity contribution in [3.05, 3.63) is 58.1 Å². The second kappa shape index (κ2) is 7.84. The molecule has 0 saturated heterocycles. The van der Waals surface area contributed by atoms with E-state index in [2.05, 4.69) is 4.98 Å². The van der Waals surface area contributed by atoms with Crippen molar-refractivity contribution in [1.29, 1.82) is 0 Å². The average Bonchev–Trinajstić information content (AvgIpc) is 3.03. The minimum Gasteiger partial charge on any atom is -0.494 e. The van der Waals surface area contributed by atoms with Crippen molar-refractivity contribution in [2.75, 3.05) is 6.61 Å². The molecule has 0 aliphatic carbocycles. The van der Waals surface area contributed by atoms with Crippen LogP contribution in [-0.4, -0.2) is 27.5 Å². The molecule has 1 aromatic heterocycles. The van der Waals surface area contributed by atoms with Gasteiger partial charge in [-0.2, -0.15) is 0 Å². The Kier molecular flexibility index (Phi) is 5.53. The number of nitro benzene ring substituents is 1. The zero-order valence-corrected chi connectivity index (χ0v) is 15.8. The number of carbonyl (C=O) groups excluding carboxylic acids is 1. The summed E-state index contributed by atoms with van der Waals surface area (Å²) in [5.74, 6) is 0.736. The maximum atomic E-state index is 12.6. The van der Waals surface area contributed by atoms with E-state index in [1.165, 1.54) is 35.2 Å². The van der Waals surface area contributed by atoms with Crippen molar-refractivity contribution in [3.63, 3.8) is 0 Å². The van der Waals surface area contributed by atoms with E-state index in [0.717, 1.165) is 10.4 Å². The summed E-state index contributed by atoms with van der Waals surface area (Å²) in [6.45, 7) is 4.32. The van der Waals surface area contributed by atoms with Crippen LogP contribution >= 0.6 is 23.1 Å². The quantitative estimate of drug-likeness (QED) is 0.246. The molecule has 0 aliphatic rings. The highest BCUT2D eigenvalue weighted by atomic mass is 32.2. The second-order valence-corrected chi connectivity index (χ2v) is 8.09. The number of carbonyl (C=O) groups is 1. The molecule has 134 valence electrons. The first-order valence-corrected chi connectivity index (χ1v) is 9.66. The van der Waals surface area contributed by atoms with Crippen LogP contribution in [-0.2, 0) is 0 Å². The van der Waals surface area contributed by atoms with E-state index in [-0.39, 0.29) is 16.7 Å². The van der Waals surface area contributed by atoms with E-state index >= 15 is 0 Å². The number of rotatable bonds is 7. The molecule has 6 nitrogen and oxygen atoms in total. The van der Waals surface area contributed by atoms with Gasteiger partial charge in [-0.3, -0.25) is 14.9 Å². The van der Waals surface area contributed by atoms with Gasteiger partial charge in [-0.05, 0) is 44.2 Å². The fourth-order valence-corrected chi connectivity index (χ4v) is 4.70. The topological polar surface area (TPSA) is 82.3 Å². The molecule has 8 heteroatoms. The van der Waals surface area contributed by atoms with Gasteiger partial charge in [0, 0.05) is 17.7 Å². The van der Waals surface area contributed by atoms with E-state index in [0.29, 0.717) is 22.0 Å². The Morgan fingerprint density at radius 1 is 1.31 bits per heavy atom. The number of fused-ring (bicyclic) bond motifs is 1. The highest BCUT2D eigenvalue weighted by Crippen LogP contribution is 2.34. The van der Waals surface area contributed by atoms with Crippen molar-refractivity contribution >= 4 is 44.8 Å². The molecule has 0 fully saturated rings. The van der Waals surface area contributed by atoms with Crippen LogP contribution in [0.25, 0.3) is 10.2 Å². The lowest BCUT2D eigenvalue weighted by molar-refractivity contribution is -0.384. The van der Waals surface area contributed by atoms with Crippen LogP contribution in [0.1, 0.15) is 24.2 Å². The van der Waals surface area contributed by atoms with Crippen LogP contribution < -0.4 is 4.74 Å². The molecule has 0 amide bonds. The lowest BCUT2D eigenvalue weighted by Crippen LogP contribution is -2.13. The number of nitro groups is 1. The van der Waals surface area contributed by atoms with Crippen LogP contribution in [0.15, 0.2) is 46.8 Å². The maximum Gasteiger partial charge on any atom is 0.270 e. The van der Waals surface area contributed by atoms with Gasteiger partial charge in [-0.15, -0.1) is 11.3 Å². The molecule has 1 atom stereocenters. The summed E-state index contributed by atoms with van der Waals surface area (Å²) in [7, 11) is 0. The van der Waals surface area contributed by atoms with Gasteiger partial charge in [0.25, 0.3) is 5.69 Å². The standard InChI is InChI=1S/C18H16N2O4S2/c1-3-24-14-7-4-12(5-8-14)17(21)11(2)25-18-19-15-9-6-13(20(22)23)10-16(15)26-18/h4-11H,3H2,1-2H3/t11-/m0/s1. The van der Waals surface area contributed by atoms with Gasteiger partial charge >= 0.3 is 0 Å². The van der Waals surface area contributed by atoms with Crippen molar-refractivity contribution in [2.24, 2.45) is 0 Å². The molecular weight excluding hydrogens is 372 g/mol. The fraction of sp³-hybridized carbons (Fsp3) is 0.222. The molecule has 0 radical (unpaired) electrons. The number of ketones is 1. The van der Waals surface area contributed by atoms with Gasteiger partial charge < -0.3 is 4.74 Å². The molecular formula is C18H16N2O4S2. The Bertz CT molecular complexity index is 953. The van der Waals surface area contributed by atoms with Gasteiger partial charge in [-0.25, -0.2) is 4.98 Å². The first kappa shape index (κ1) is 18.3. The van der Waals surface area contributed by atoms with Crippen LogP contribution in [0.2, 0.25) is 0 Å². The van der Waals surface area contributed by atoms with Gasteiger partial charge in [-0.1, -0.05) is 11.8 Å². The Morgan fingerprint density at radius 2 is 2.04 bits per heavy atom. The highest BCUT2D eigenvalue weighted by molar-refractivity contribution is 8.02. The number of thioether (sulfide) groups is 1. The average molecular weight is 388 g/mol. The number of aromatic nitrogens is 1. The van der Waals surface area contributed by atoms with Gasteiger partial charge in [0.2, 0.25) is 0 Å². The SMILES string of the molecule is CCOc1ccc(C(=O)[C@H](C)Sc2nc3ccc([N+](=O)[O-])cc3s2)cc1. The van der Waals surface area contributed by atoms with Crippen molar-refractivity contribution in [1.82, 2.24) is 4.98 Å². The van der Waals surface area contributed by atoms with Crippen molar-refractivity contribution in [2.45, 2.75) is 23.4 Å². The third kappa shape index (κ3) is 4.03. The van der Waals surface area contributed by atoms with Crippen molar-refractivity contribution in [3.8, 4) is 5.75 Å². The summed E-state index contributed by atoms with van der Waals surface area (Å²) >= 11 is 2.71.